The second-order valence-electron chi connectivity index (χ2n) is 8.34. The highest BCUT2D eigenvalue weighted by atomic mass is 19.1. The van der Waals surface area contributed by atoms with Crippen molar-refractivity contribution in [2.24, 2.45) is 0 Å². The quantitative estimate of drug-likeness (QED) is 0.364. The molecule has 1 unspecified atom stereocenters. The Morgan fingerprint density at radius 3 is 2.47 bits per heavy atom. The van der Waals surface area contributed by atoms with Gasteiger partial charge in [0, 0.05) is 37.3 Å². The van der Waals surface area contributed by atoms with Crippen molar-refractivity contribution in [1.82, 2.24) is 9.80 Å². The highest BCUT2D eigenvalue weighted by molar-refractivity contribution is 6.46. The number of aliphatic hydroxyl groups excluding tert-OH is 1. The first kappa shape index (κ1) is 23.9. The van der Waals surface area contributed by atoms with Crippen molar-refractivity contribution in [2.45, 2.75) is 19.4 Å². The number of amides is 1. The number of aliphatic hydroxyl groups is 1. The van der Waals surface area contributed by atoms with Gasteiger partial charge in [0.05, 0.1) is 31.4 Å². The Morgan fingerprint density at radius 1 is 1.09 bits per heavy atom. The molecule has 1 amide bonds. The van der Waals surface area contributed by atoms with Crippen molar-refractivity contribution in [3.8, 4) is 5.75 Å². The number of rotatable bonds is 8. The van der Waals surface area contributed by atoms with Crippen LogP contribution in [0.15, 0.2) is 54.1 Å². The maximum atomic E-state index is 14.9. The fraction of sp³-hybridized carbons (Fsp3) is 0.385. The summed E-state index contributed by atoms with van der Waals surface area (Å²) in [6.07, 6.45) is 0.859. The van der Waals surface area contributed by atoms with Gasteiger partial charge in [0.2, 0.25) is 0 Å². The van der Waals surface area contributed by atoms with Crippen LogP contribution in [0.3, 0.4) is 0 Å². The lowest BCUT2D eigenvalue weighted by molar-refractivity contribution is -0.140. The third-order valence-corrected chi connectivity index (χ3v) is 6.10. The number of hydrogen-bond donors (Lipinski definition) is 1. The van der Waals surface area contributed by atoms with Gasteiger partial charge in [0.1, 0.15) is 17.3 Å². The lowest BCUT2D eigenvalue weighted by atomic mass is 9.95. The van der Waals surface area contributed by atoms with Crippen LogP contribution in [-0.4, -0.2) is 72.6 Å². The van der Waals surface area contributed by atoms with Gasteiger partial charge in [-0.05, 0) is 36.8 Å². The van der Waals surface area contributed by atoms with E-state index in [1.54, 1.807) is 42.5 Å². The SMILES string of the molecule is CCCOc1ccc(C(O)=C2C(=O)C(=O)N(CCN3CCOCC3)C2c2ccccc2F)cc1. The summed E-state index contributed by atoms with van der Waals surface area (Å²) in [6, 6.07) is 11.7. The van der Waals surface area contributed by atoms with Crippen LogP contribution in [0.2, 0.25) is 0 Å². The number of Topliss-reactive ketones (excluding diaryl/α,β-unsaturated/α-hetero) is 1. The van der Waals surface area contributed by atoms with Gasteiger partial charge in [-0.2, -0.15) is 0 Å². The van der Waals surface area contributed by atoms with E-state index in [0.717, 1.165) is 19.5 Å². The Balaban J connectivity index is 1.69. The average molecular weight is 469 g/mol. The van der Waals surface area contributed by atoms with Crippen LogP contribution in [0.1, 0.15) is 30.5 Å². The molecule has 0 aromatic heterocycles. The predicted octanol–water partition coefficient (Wildman–Crippen LogP) is 3.37. The molecule has 34 heavy (non-hydrogen) atoms. The lowest BCUT2D eigenvalue weighted by Crippen LogP contribution is -2.42. The number of hydrogen-bond acceptors (Lipinski definition) is 6. The van der Waals surface area contributed by atoms with E-state index in [-0.39, 0.29) is 23.4 Å². The molecule has 0 saturated carbocycles. The molecule has 2 aromatic rings. The van der Waals surface area contributed by atoms with Crippen molar-refractivity contribution in [1.29, 1.82) is 0 Å². The molecule has 1 N–H and O–H groups in total. The summed E-state index contributed by atoms with van der Waals surface area (Å²) in [6.45, 7) is 5.96. The van der Waals surface area contributed by atoms with E-state index in [1.807, 2.05) is 6.92 Å². The fourth-order valence-corrected chi connectivity index (χ4v) is 4.29. The van der Waals surface area contributed by atoms with Crippen molar-refractivity contribution in [3.05, 3.63) is 71.0 Å². The maximum Gasteiger partial charge on any atom is 0.295 e. The number of nitrogens with zero attached hydrogens (tertiary/aromatic N) is 2. The van der Waals surface area contributed by atoms with Crippen molar-refractivity contribution in [3.63, 3.8) is 0 Å². The highest BCUT2D eigenvalue weighted by Crippen LogP contribution is 2.40. The number of morpholine rings is 1. The monoisotopic (exact) mass is 468 g/mol. The summed E-state index contributed by atoms with van der Waals surface area (Å²) in [4.78, 5) is 29.6. The van der Waals surface area contributed by atoms with Crippen LogP contribution in [-0.2, 0) is 14.3 Å². The van der Waals surface area contributed by atoms with Crippen LogP contribution in [0.5, 0.6) is 5.75 Å². The molecule has 2 aliphatic rings. The summed E-state index contributed by atoms with van der Waals surface area (Å²) in [5, 5.41) is 11.1. The zero-order valence-corrected chi connectivity index (χ0v) is 19.2. The van der Waals surface area contributed by atoms with E-state index in [9.17, 15) is 19.1 Å². The van der Waals surface area contributed by atoms with Gasteiger partial charge < -0.3 is 19.5 Å². The van der Waals surface area contributed by atoms with Crippen LogP contribution >= 0.6 is 0 Å². The average Bonchev–Trinajstić information content (AvgIpc) is 3.11. The van der Waals surface area contributed by atoms with Crippen LogP contribution in [0.25, 0.3) is 5.76 Å². The normalized spacial score (nSPS) is 20.6. The van der Waals surface area contributed by atoms with E-state index >= 15 is 0 Å². The number of carbonyl (C=O) groups is 2. The van der Waals surface area contributed by atoms with Crippen LogP contribution in [0.4, 0.5) is 4.39 Å². The molecular weight excluding hydrogens is 439 g/mol. The molecule has 1 atom stereocenters. The summed E-state index contributed by atoms with van der Waals surface area (Å²) in [7, 11) is 0. The van der Waals surface area contributed by atoms with Crippen molar-refractivity contribution < 1.29 is 28.6 Å². The van der Waals surface area contributed by atoms with E-state index in [2.05, 4.69) is 4.90 Å². The molecule has 2 fully saturated rings. The first-order chi connectivity index (χ1) is 16.5. The molecule has 7 nitrogen and oxygen atoms in total. The second kappa shape index (κ2) is 10.8. The standard InChI is InChI=1S/C26H29FN2O5/c1-2-15-34-19-9-7-18(8-10-19)24(30)22-23(20-5-3-4-6-21(20)27)29(26(32)25(22)31)12-11-28-13-16-33-17-14-28/h3-10,23,30H,2,11-17H2,1H3. The Bertz CT molecular complexity index is 1060. The number of benzene rings is 2. The molecule has 0 bridgehead atoms. The molecule has 8 heteroatoms. The molecule has 2 heterocycles. The molecular formula is C26H29FN2O5. The minimum Gasteiger partial charge on any atom is -0.507 e. The van der Waals surface area contributed by atoms with E-state index in [1.165, 1.54) is 11.0 Å². The molecule has 0 radical (unpaired) electrons. The molecule has 0 spiro atoms. The smallest absolute Gasteiger partial charge is 0.295 e. The van der Waals surface area contributed by atoms with Gasteiger partial charge in [0.15, 0.2) is 0 Å². The summed E-state index contributed by atoms with van der Waals surface area (Å²) in [5.41, 5.74) is 0.420. The minimum absolute atomic E-state index is 0.112. The zero-order valence-electron chi connectivity index (χ0n) is 19.2. The number of carbonyl (C=O) groups excluding carboxylic acids is 2. The van der Waals surface area contributed by atoms with Gasteiger partial charge in [-0.15, -0.1) is 0 Å². The number of ketones is 1. The largest absolute Gasteiger partial charge is 0.507 e. The van der Waals surface area contributed by atoms with Crippen molar-refractivity contribution >= 4 is 17.4 Å². The van der Waals surface area contributed by atoms with E-state index < -0.39 is 23.5 Å². The highest BCUT2D eigenvalue weighted by Gasteiger charge is 2.46. The summed E-state index contributed by atoms with van der Waals surface area (Å²) < 4.78 is 25.8. The third-order valence-electron chi connectivity index (χ3n) is 6.10. The number of halogens is 1. The van der Waals surface area contributed by atoms with Crippen molar-refractivity contribution in [2.75, 3.05) is 46.0 Å². The van der Waals surface area contributed by atoms with Crippen LogP contribution < -0.4 is 4.74 Å². The van der Waals surface area contributed by atoms with Gasteiger partial charge in [0.25, 0.3) is 11.7 Å². The van der Waals surface area contributed by atoms with Gasteiger partial charge in [-0.25, -0.2) is 4.39 Å². The van der Waals surface area contributed by atoms with Gasteiger partial charge >= 0.3 is 0 Å². The Kier molecular flexibility index (Phi) is 7.59. The Hall–Kier alpha value is -3.23. The Morgan fingerprint density at radius 2 is 1.79 bits per heavy atom. The zero-order chi connectivity index (χ0) is 24.1. The van der Waals surface area contributed by atoms with E-state index in [0.29, 0.717) is 37.7 Å². The maximum absolute atomic E-state index is 14.9. The molecule has 4 rings (SSSR count). The molecule has 2 aromatic carbocycles. The molecule has 2 saturated heterocycles. The topological polar surface area (TPSA) is 79.3 Å². The second-order valence-corrected chi connectivity index (χ2v) is 8.34. The number of likely N-dealkylation sites (tertiary alicyclic amines) is 1. The molecule has 180 valence electrons. The lowest BCUT2D eigenvalue weighted by Gasteiger charge is -2.31. The van der Waals surface area contributed by atoms with Crippen LogP contribution in [0, 0.1) is 5.82 Å². The summed E-state index contributed by atoms with van der Waals surface area (Å²) >= 11 is 0. The first-order valence-corrected chi connectivity index (χ1v) is 11.6. The van der Waals surface area contributed by atoms with Gasteiger partial charge in [-0.1, -0.05) is 25.1 Å². The fourth-order valence-electron chi connectivity index (χ4n) is 4.29. The molecule has 0 aliphatic carbocycles. The summed E-state index contributed by atoms with van der Waals surface area (Å²) in [5.74, 6) is -1.80. The van der Waals surface area contributed by atoms with Gasteiger partial charge in [-0.3, -0.25) is 14.5 Å². The Labute approximate surface area is 198 Å². The molecule has 2 aliphatic heterocycles. The third kappa shape index (κ3) is 4.98. The first-order valence-electron chi connectivity index (χ1n) is 11.6. The van der Waals surface area contributed by atoms with E-state index in [4.69, 9.17) is 9.47 Å². The predicted molar refractivity (Wildman–Crippen MR) is 125 cm³/mol. The minimum atomic E-state index is -1.02. The number of ether oxygens (including phenoxy) is 2.